The highest BCUT2D eigenvalue weighted by Crippen LogP contribution is 2.18. The number of nitrogens with two attached hydrogens (primary N) is 1. The van der Waals surface area contributed by atoms with Crippen LogP contribution in [0.3, 0.4) is 0 Å². The molecule has 3 rings (SSSR count). The first-order valence-electron chi connectivity index (χ1n) is 5.42. The van der Waals surface area contributed by atoms with Crippen molar-refractivity contribution in [2.24, 2.45) is 0 Å². The minimum Gasteiger partial charge on any atom is -0.369 e. The third-order valence-electron chi connectivity index (χ3n) is 2.63. The Kier molecular flexibility index (Phi) is 2.75. The number of hydrogen-bond donors (Lipinski definition) is 1. The third kappa shape index (κ3) is 1.97. The summed E-state index contributed by atoms with van der Waals surface area (Å²) in [6.07, 6.45) is 2.85. The maximum absolute atomic E-state index is 12.4. The third-order valence-corrected chi connectivity index (χ3v) is 3.04. The number of nitrogens with zero attached hydrogens (tertiary/aromatic N) is 4. The highest BCUT2D eigenvalue weighted by molar-refractivity contribution is 9.10. The molecule has 19 heavy (non-hydrogen) atoms. The van der Waals surface area contributed by atoms with Gasteiger partial charge in [-0.1, -0.05) is 12.1 Å². The SMILES string of the molecule is Nc1nc2ccccc2n1C(=O)c1cnc(Br)cn1. The Morgan fingerprint density at radius 3 is 2.74 bits per heavy atom. The summed E-state index contributed by atoms with van der Waals surface area (Å²) in [4.78, 5) is 24.5. The van der Waals surface area contributed by atoms with Crippen molar-refractivity contribution in [2.75, 3.05) is 5.73 Å². The second kappa shape index (κ2) is 4.43. The van der Waals surface area contributed by atoms with Gasteiger partial charge in [0.1, 0.15) is 10.3 Å². The molecule has 0 radical (unpaired) electrons. The van der Waals surface area contributed by atoms with E-state index in [9.17, 15) is 4.79 Å². The molecule has 3 aromatic rings. The number of carbonyl (C=O) groups excluding carboxylic acids is 1. The van der Waals surface area contributed by atoms with Crippen LogP contribution in [0.25, 0.3) is 11.0 Å². The van der Waals surface area contributed by atoms with E-state index in [0.717, 1.165) is 0 Å². The van der Waals surface area contributed by atoms with Crippen molar-refractivity contribution in [3.05, 3.63) is 47.0 Å². The fourth-order valence-corrected chi connectivity index (χ4v) is 2.00. The van der Waals surface area contributed by atoms with E-state index >= 15 is 0 Å². The Bertz CT molecular complexity index is 765. The number of halogens is 1. The van der Waals surface area contributed by atoms with E-state index in [-0.39, 0.29) is 17.5 Å². The quantitative estimate of drug-likeness (QED) is 0.740. The smallest absolute Gasteiger partial charge is 0.285 e. The zero-order valence-corrected chi connectivity index (χ0v) is 11.2. The Morgan fingerprint density at radius 2 is 2.00 bits per heavy atom. The molecule has 0 saturated carbocycles. The van der Waals surface area contributed by atoms with Crippen molar-refractivity contribution in [1.82, 2.24) is 19.5 Å². The number of imidazole rings is 1. The van der Waals surface area contributed by atoms with Crippen molar-refractivity contribution < 1.29 is 4.79 Å². The Hall–Kier alpha value is -2.28. The topological polar surface area (TPSA) is 86.7 Å². The van der Waals surface area contributed by atoms with Crippen LogP contribution in [0, 0.1) is 0 Å². The largest absolute Gasteiger partial charge is 0.369 e. The van der Waals surface area contributed by atoms with E-state index < -0.39 is 0 Å². The fraction of sp³-hybridized carbons (Fsp3) is 0. The Labute approximate surface area is 116 Å². The van der Waals surface area contributed by atoms with Gasteiger partial charge in [0.05, 0.1) is 23.4 Å². The zero-order chi connectivity index (χ0) is 13.4. The van der Waals surface area contributed by atoms with Gasteiger partial charge in [-0.25, -0.2) is 19.5 Å². The van der Waals surface area contributed by atoms with Gasteiger partial charge in [-0.05, 0) is 28.1 Å². The normalized spacial score (nSPS) is 10.8. The van der Waals surface area contributed by atoms with Gasteiger partial charge in [0.25, 0.3) is 5.91 Å². The van der Waals surface area contributed by atoms with Crippen LogP contribution in [0.5, 0.6) is 0 Å². The van der Waals surface area contributed by atoms with E-state index in [1.165, 1.54) is 17.0 Å². The molecule has 2 heterocycles. The molecule has 7 heteroatoms. The summed E-state index contributed by atoms with van der Waals surface area (Å²) < 4.78 is 1.89. The predicted octanol–water partition coefficient (Wildman–Crippen LogP) is 1.86. The number of fused-ring (bicyclic) bond motifs is 1. The minimum absolute atomic E-state index is 0.135. The van der Waals surface area contributed by atoms with Gasteiger partial charge in [-0.15, -0.1) is 0 Å². The lowest BCUT2D eigenvalue weighted by atomic mass is 10.3. The van der Waals surface area contributed by atoms with Crippen LogP contribution in [-0.4, -0.2) is 25.4 Å². The van der Waals surface area contributed by atoms with Crippen LogP contribution in [0.15, 0.2) is 41.3 Å². The van der Waals surface area contributed by atoms with E-state index in [2.05, 4.69) is 30.9 Å². The molecule has 0 amide bonds. The number of carbonyl (C=O) groups is 1. The molecule has 0 aliphatic rings. The molecule has 0 fully saturated rings. The molecule has 6 nitrogen and oxygen atoms in total. The number of nitrogen functional groups attached to an aromatic ring is 1. The molecule has 1 aromatic carbocycles. The summed E-state index contributed by atoms with van der Waals surface area (Å²) in [6.45, 7) is 0. The average Bonchev–Trinajstić information content (AvgIpc) is 2.74. The number of anilines is 1. The Balaban J connectivity index is 2.16. The summed E-state index contributed by atoms with van der Waals surface area (Å²) >= 11 is 3.17. The summed E-state index contributed by atoms with van der Waals surface area (Å²) in [5.74, 6) is -0.220. The van der Waals surface area contributed by atoms with E-state index in [4.69, 9.17) is 5.73 Å². The number of rotatable bonds is 1. The first-order chi connectivity index (χ1) is 9.16. The first-order valence-corrected chi connectivity index (χ1v) is 6.21. The standard InChI is InChI=1S/C12H8BrN5O/c13-10-6-15-8(5-16-10)11(19)18-9-4-2-1-3-7(9)17-12(18)14/h1-6H,(H2,14,17). The molecular weight excluding hydrogens is 310 g/mol. The van der Waals surface area contributed by atoms with Crippen molar-refractivity contribution in [1.29, 1.82) is 0 Å². The van der Waals surface area contributed by atoms with Gasteiger partial charge in [-0.2, -0.15) is 0 Å². The molecule has 2 N–H and O–H groups in total. The van der Waals surface area contributed by atoms with Gasteiger partial charge in [-0.3, -0.25) is 4.79 Å². The van der Waals surface area contributed by atoms with Crippen molar-refractivity contribution in [2.45, 2.75) is 0 Å². The fourth-order valence-electron chi connectivity index (χ4n) is 1.80. The number of hydrogen-bond acceptors (Lipinski definition) is 5. The summed E-state index contributed by atoms with van der Waals surface area (Å²) in [5, 5.41) is 0. The van der Waals surface area contributed by atoms with Crippen LogP contribution in [-0.2, 0) is 0 Å². The maximum atomic E-state index is 12.4. The molecule has 0 aliphatic carbocycles. The molecule has 0 aliphatic heterocycles. The van der Waals surface area contributed by atoms with Crippen LogP contribution in [0.1, 0.15) is 10.5 Å². The van der Waals surface area contributed by atoms with Crippen LogP contribution in [0.2, 0.25) is 0 Å². The van der Waals surface area contributed by atoms with Crippen LogP contribution < -0.4 is 5.73 Å². The summed E-state index contributed by atoms with van der Waals surface area (Å²) in [6, 6.07) is 7.23. The molecular formula is C12H8BrN5O. The van der Waals surface area contributed by atoms with E-state index in [0.29, 0.717) is 15.6 Å². The number of benzene rings is 1. The number of aromatic nitrogens is 4. The van der Waals surface area contributed by atoms with E-state index in [1.807, 2.05) is 12.1 Å². The van der Waals surface area contributed by atoms with Crippen molar-refractivity contribution >= 4 is 38.8 Å². The summed E-state index contributed by atoms with van der Waals surface area (Å²) in [7, 11) is 0. The molecule has 0 atom stereocenters. The number of para-hydroxylation sites is 2. The molecule has 0 unspecified atom stereocenters. The predicted molar refractivity (Wildman–Crippen MR) is 73.6 cm³/mol. The van der Waals surface area contributed by atoms with Gasteiger partial charge >= 0.3 is 0 Å². The summed E-state index contributed by atoms with van der Waals surface area (Å²) in [5.41, 5.74) is 7.31. The lowest BCUT2D eigenvalue weighted by Crippen LogP contribution is -2.16. The van der Waals surface area contributed by atoms with Crippen molar-refractivity contribution in [3.8, 4) is 0 Å². The monoisotopic (exact) mass is 317 g/mol. The van der Waals surface area contributed by atoms with Gasteiger partial charge in [0.15, 0.2) is 0 Å². The van der Waals surface area contributed by atoms with E-state index in [1.54, 1.807) is 12.1 Å². The lowest BCUT2D eigenvalue weighted by Gasteiger charge is -2.03. The molecule has 94 valence electrons. The average molecular weight is 318 g/mol. The lowest BCUT2D eigenvalue weighted by molar-refractivity contribution is 0.0961. The molecule has 0 bridgehead atoms. The molecule has 2 aromatic heterocycles. The second-order valence-corrected chi connectivity index (χ2v) is 4.64. The Morgan fingerprint density at radius 1 is 1.21 bits per heavy atom. The molecule has 0 saturated heterocycles. The van der Waals surface area contributed by atoms with Crippen LogP contribution in [0.4, 0.5) is 5.95 Å². The van der Waals surface area contributed by atoms with Crippen LogP contribution >= 0.6 is 15.9 Å². The maximum Gasteiger partial charge on any atom is 0.285 e. The highest BCUT2D eigenvalue weighted by Gasteiger charge is 2.17. The first kappa shape index (κ1) is 11.8. The zero-order valence-electron chi connectivity index (χ0n) is 9.62. The van der Waals surface area contributed by atoms with Gasteiger partial charge in [0, 0.05) is 0 Å². The second-order valence-electron chi connectivity index (χ2n) is 3.82. The van der Waals surface area contributed by atoms with Crippen molar-refractivity contribution in [3.63, 3.8) is 0 Å². The van der Waals surface area contributed by atoms with Gasteiger partial charge in [0.2, 0.25) is 5.95 Å². The van der Waals surface area contributed by atoms with Gasteiger partial charge < -0.3 is 5.73 Å². The minimum atomic E-state index is -0.355. The highest BCUT2D eigenvalue weighted by atomic mass is 79.9. The molecule has 0 spiro atoms.